The van der Waals surface area contributed by atoms with Gasteiger partial charge in [0.25, 0.3) is 5.91 Å². The van der Waals surface area contributed by atoms with E-state index < -0.39 is 11.6 Å². The summed E-state index contributed by atoms with van der Waals surface area (Å²) in [6.07, 6.45) is 1.07. The first kappa shape index (κ1) is 13.2. The Labute approximate surface area is 118 Å². The summed E-state index contributed by atoms with van der Waals surface area (Å²) in [7, 11) is 0. The average Bonchev–Trinajstić information content (AvgIpc) is 2.88. The number of hydrogen-bond donors (Lipinski definition) is 0. The third-order valence-corrected chi connectivity index (χ3v) is 4.36. The van der Waals surface area contributed by atoms with E-state index in [0.717, 1.165) is 12.1 Å². The van der Waals surface area contributed by atoms with Gasteiger partial charge in [0.1, 0.15) is 16.5 Å². The zero-order valence-corrected chi connectivity index (χ0v) is 11.6. The Kier molecular flexibility index (Phi) is 3.25. The minimum absolute atomic E-state index is 0.0778. The van der Waals surface area contributed by atoms with Crippen molar-refractivity contribution in [1.29, 1.82) is 0 Å². The normalized spacial score (nSPS) is 14.2. The summed E-state index contributed by atoms with van der Waals surface area (Å²) in [6, 6.07) is 2.18. The van der Waals surface area contributed by atoms with E-state index in [1.807, 2.05) is 0 Å². The van der Waals surface area contributed by atoms with Gasteiger partial charge in [-0.15, -0.1) is 11.3 Å². The van der Waals surface area contributed by atoms with Gasteiger partial charge in [-0.3, -0.25) is 4.79 Å². The van der Waals surface area contributed by atoms with Gasteiger partial charge in [0, 0.05) is 12.1 Å². The van der Waals surface area contributed by atoms with Crippen molar-refractivity contribution in [3.63, 3.8) is 0 Å². The van der Waals surface area contributed by atoms with Crippen LogP contribution in [-0.2, 0) is 6.42 Å². The highest BCUT2D eigenvalue weighted by Gasteiger charge is 2.30. The number of benzene rings is 1. The fourth-order valence-corrected chi connectivity index (χ4v) is 3.22. The van der Waals surface area contributed by atoms with Gasteiger partial charge in [-0.2, -0.15) is 0 Å². The minimum atomic E-state index is -0.559. The molecular formula is C14H12F2N2OS. The van der Waals surface area contributed by atoms with Crippen LogP contribution in [0.4, 0.5) is 14.5 Å². The van der Waals surface area contributed by atoms with Gasteiger partial charge in [0.15, 0.2) is 0 Å². The zero-order chi connectivity index (χ0) is 14.3. The predicted molar refractivity (Wildman–Crippen MR) is 73.2 cm³/mol. The predicted octanol–water partition coefficient (Wildman–Crippen LogP) is 3.32. The zero-order valence-electron chi connectivity index (χ0n) is 10.8. The Morgan fingerprint density at radius 1 is 1.35 bits per heavy atom. The summed E-state index contributed by atoms with van der Waals surface area (Å²) in [5.41, 5.74) is 2.56. The van der Waals surface area contributed by atoms with Crippen molar-refractivity contribution in [2.24, 2.45) is 0 Å². The number of carbonyl (C=O) groups is 1. The third kappa shape index (κ3) is 2.00. The molecule has 0 saturated heterocycles. The number of aromatic nitrogens is 1. The maximum absolute atomic E-state index is 14.0. The maximum atomic E-state index is 14.0. The van der Waals surface area contributed by atoms with E-state index >= 15 is 0 Å². The van der Waals surface area contributed by atoms with Crippen LogP contribution in [0.2, 0.25) is 0 Å². The molecule has 3 rings (SSSR count). The highest BCUT2D eigenvalue weighted by atomic mass is 32.1. The van der Waals surface area contributed by atoms with Crippen molar-refractivity contribution in [1.82, 2.24) is 4.98 Å². The minimum Gasteiger partial charge on any atom is -0.304 e. The van der Waals surface area contributed by atoms with Gasteiger partial charge in [0.05, 0.1) is 16.9 Å². The summed E-state index contributed by atoms with van der Waals surface area (Å²) in [6.45, 7) is 2.13. The van der Waals surface area contributed by atoms with Crippen LogP contribution in [0.25, 0.3) is 0 Å². The smallest absolute Gasteiger partial charge is 0.270 e. The lowest BCUT2D eigenvalue weighted by atomic mass is 10.0. The monoisotopic (exact) mass is 294 g/mol. The third-order valence-electron chi connectivity index (χ3n) is 3.44. The van der Waals surface area contributed by atoms with Gasteiger partial charge in [0.2, 0.25) is 0 Å². The Morgan fingerprint density at radius 2 is 2.10 bits per heavy atom. The second-order valence-electron chi connectivity index (χ2n) is 4.68. The molecule has 0 bridgehead atoms. The SMILES string of the molecule is Cc1ncsc1C(=O)N1CCCc2c(F)ccc(F)c21. The quantitative estimate of drug-likeness (QED) is 0.808. The number of nitrogens with zero attached hydrogens (tertiary/aromatic N) is 2. The molecule has 1 aromatic heterocycles. The first-order chi connectivity index (χ1) is 9.59. The molecule has 20 heavy (non-hydrogen) atoms. The molecule has 0 atom stereocenters. The van der Waals surface area contributed by atoms with Crippen LogP contribution in [-0.4, -0.2) is 17.4 Å². The van der Waals surface area contributed by atoms with Crippen LogP contribution in [0.3, 0.4) is 0 Å². The van der Waals surface area contributed by atoms with Crippen molar-refractivity contribution in [2.45, 2.75) is 19.8 Å². The van der Waals surface area contributed by atoms with Crippen molar-refractivity contribution in [2.75, 3.05) is 11.4 Å². The fraction of sp³-hybridized carbons (Fsp3) is 0.286. The first-order valence-corrected chi connectivity index (χ1v) is 7.16. The lowest BCUT2D eigenvalue weighted by molar-refractivity contribution is 0.0987. The van der Waals surface area contributed by atoms with E-state index in [0.29, 0.717) is 30.0 Å². The van der Waals surface area contributed by atoms with E-state index in [9.17, 15) is 13.6 Å². The Bertz CT molecular complexity index is 684. The van der Waals surface area contributed by atoms with E-state index in [1.165, 1.54) is 16.2 Å². The molecule has 1 aliphatic rings. The second kappa shape index (κ2) is 4.94. The molecular weight excluding hydrogens is 282 g/mol. The molecule has 0 N–H and O–H groups in total. The van der Waals surface area contributed by atoms with Crippen molar-refractivity contribution >= 4 is 22.9 Å². The van der Waals surface area contributed by atoms with E-state index in [2.05, 4.69) is 4.98 Å². The van der Waals surface area contributed by atoms with Crippen LogP contribution < -0.4 is 4.90 Å². The molecule has 2 aromatic rings. The molecule has 1 amide bonds. The number of thiazole rings is 1. The standard InChI is InChI=1S/C14H12F2N2OS/c1-8-13(20-7-17-8)14(19)18-6-2-3-9-10(15)4-5-11(16)12(9)18/h4-5,7H,2-3,6H2,1H3. The van der Waals surface area contributed by atoms with E-state index in [1.54, 1.807) is 12.4 Å². The van der Waals surface area contributed by atoms with Crippen molar-refractivity contribution in [3.8, 4) is 0 Å². The number of fused-ring (bicyclic) bond motifs is 1. The number of aryl methyl sites for hydroxylation is 1. The Hall–Kier alpha value is -1.82. The molecule has 6 heteroatoms. The van der Waals surface area contributed by atoms with Crippen molar-refractivity contribution in [3.05, 3.63) is 45.4 Å². The van der Waals surface area contributed by atoms with Gasteiger partial charge in [-0.1, -0.05) is 0 Å². The van der Waals surface area contributed by atoms with Crippen LogP contribution in [0.5, 0.6) is 0 Å². The van der Waals surface area contributed by atoms with E-state index in [-0.39, 0.29) is 17.2 Å². The number of halogens is 2. The van der Waals surface area contributed by atoms with Crippen LogP contribution in [0.15, 0.2) is 17.6 Å². The molecule has 1 aromatic carbocycles. The highest BCUT2D eigenvalue weighted by Crippen LogP contribution is 2.33. The van der Waals surface area contributed by atoms with Gasteiger partial charge < -0.3 is 4.90 Å². The molecule has 104 valence electrons. The van der Waals surface area contributed by atoms with Crippen LogP contribution in [0.1, 0.15) is 27.3 Å². The van der Waals surface area contributed by atoms with Gasteiger partial charge in [-0.05, 0) is 31.9 Å². The topological polar surface area (TPSA) is 33.2 Å². The number of rotatable bonds is 1. The number of anilines is 1. The summed E-state index contributed by atoms with van der Waals surface area (Å²) in [5, 5.41) is 0. The first-order valence-electron chi connectivity index (χ1n) is 6.28. The lowest BCUT2D eigenvalue weighted by Crippen LogP contribution is -2.36. The number of amides is 1. The maximum Gasteiger partial charge on any atom is 0.270 e. The molecule has 3 nitrogen and oxygen atoms in total. The fourth-order valence-electron chi connectivity index (χ4n) is 2.47. The Balaban J connectivity index is 2.09. The summed E-state index contributed by atoms with van der Waals surface area (Å²) in [4.78, 5) is 18.4. The second-order valence-corrected chi connectivity index (χ2v) is 5.54. The summed E-state index contributed by atoms with van der Waals surface area (Å²) in [5.74, 6) is -1.33. The van der Waals surface area contributed by atoms with Crippen LogP contribution >= 0.6 is 11.3 Å². The summed E-state index contributed by atoms with van der Waals surface area (Å²) < 4.78 is 27.8. The Morgan fingerprint density at radius 3 is 2.80 bits per heavy atom. The number of hydrogen-bond acceptors (Lipinski definition) is 3. The molecule has 1 aliphatic heterocycles. The highest BCUT2D eigenvalue weighted by molar-refractivity contribution is 7.12. The van der Waals surface area contributed by atoms with Gasteiger partial charge in [-0.25, -0.2) is 13.8 Å². The van der Waals surface area contributed by atoms with E-state index in [4.69, 9.17) is 0 Å². The van der Waals surface area contributed by atoms with Crippen LogP contribution in [0, 0.1) is 18.6 Å². The lowest BCUT2D eigenvalue weighted by Gasteiger charge is -2.29. The molecule has 0 unspecified atom stereocenters. The largest absolute Gasteiger partial charge is 0.304 e. The number of carbonyl (C=O) groups excluding carboxylic acids is 1. The molecule has 0 spiro atoms. The molecule has 0 saturated carbocycles. The molecule has 0 aliphatic carbocycles. The van der Waals surface area contributed by atoms with Crippen molar-refractivity contribution < 1.29 is 13.6 Å². The molecule has 0 fully saturated rings. The molecule has 0 radical (unpaired) electrons. The van der Waals surface area contributed by atoms with Gasteiger partial charge >= 0.3 is 0 Å². The molecule has 2 heterocycles. The summed E-state index contributed by atoms with van der Waals surface area (Å²) >= 11 is 1.22. The average molecular weight is 294 g/mol.